The van der Waals surface area contributed by atoms with E-state index in [1.54, 1.807) is 7.05 Å². The molecule has 4 nitrogen and oxygen atoms in total. The smallest absolute Gasteiger partial charge is 0.356 e. The molecule has 0 heterocycles. The van der Waals surface area contributed by atoms with Gasteiger partial charge in [-0.25, -0.2) is 0 Å². The van der Waals surface area contributed by atoms with E-state index in [4.69, 9.17) is 0 Å². The molecule has 1 aromatic carbocycles. The van der Waals surface area contributed by atoms with Gasteiger partial charge in [0.25, 0.3) is 0 Å². The first kappa shape index (κ1) is 20.0. The summed E-state index contributed by atoms with van der Waals surface area (Å²) in [5.41, 5.74) is -0.0380. The Morgan fingerprint density at radius 1 is 1.08 bits per heavy atom. The van der Waals surface area contributed by atoms with E-state index in [9.17, 15) is 22.8 Å². The Bertz CT molecular complexity index is 542. The average Bonchev–Trinajstić information content (AvgIpc) is 2.49. The highest BCUT2D eigenvalue weighted by molar-refractivity contribution is 5.75. The second-order valence-electron chi connectivity index (χ2n) is 5.74. The molecule has 0 unspecified atom stereocenters. The molecule has 0 aliphatic heterocycles. The van der Waals surface area contributed by atoms with Gasteiger partial charge in [-0.2, -0.15) is 13.2 Å². The van der Waals surface area contributed by atoms with Gasteiger partial charge in [-0.3, -0.25) is 9.59 Å². The Kier molecular flexibility index (Phi) is 7.74. The number of hydrogen-bond acceptors (Lipinski definition) is 2. The van der Waals surface area contributed by atoms with Crippen LogP contribution >= 0.6 is 0 Å². The molecule has 0 saturated carbocycles. The van der Waals surface area contributed by atoms with Crippen molar-refractivity contribution < 1.29 is 22.8 Å². The zero-order chi connectivity index (χ0) is 18.2. The predicted octanol–water partition coefficient (Wildman–Crippen LogP) is 3.36. The van der Waals surface area contributed by atoms with Crippen LogP contribution in [0.4, 0.5) is 13.2 Å². The number of nitrogens with one attached hydrogen (secondary N) is 1. The summed E-state index contributed by atoms with van der Waals surface area (Å²) in [5.74, 6) is -0.114. The van der Waals surface area contributed by atoms with Crippen LogP contribution in [-0.4, -0.2) is 30.3 Å². The van der Waals surface area contributed by atoms with Crippen molar-refractivity contribution in [1.82, 2.24) is 10.2 Å². The van der Waals surface area contributed by atoms with E-state index in [2.05, 4.69) is 5.32 Å². The molecule has 0 fully saturated rings. The highest BCUT2D eigenvalue weighted by Crippen LogP contribution is 2.29. The second-order valence-corrected chi connectivity index (χ2v) is 5.74. The lowest BCUT2D eigenvalue weighted by atomic mass is 10.1. The van der Waals surface area contributed by atoms with Crippen molar-refractivity contribution in [2.24, 2.45) is 0 Å². The third kappa shape index (κ3) is 7.48. The van der Waals surface area contributed by atoms with E-state index >= 15 is 0 Å². The molecule has 0 aliphatic carbocycles. The zero-order valence-electron chi connectivity index (χ0n) is 13.9. The van der Waals surface area contributed by atoms with E-state index in [0.717, 1.165) is 31.4 Å². The normalized spacial score (nSPS) is 11.2. The van der Waals surface area contributed by atoms with Gasteiger partial charge in [0.2, 0.25) is 11.8 Å². The highest BCUT2D eigenvalue weighted by Gasteiger charge is 2.29. The van der Waals surface area contributed by atoms with Crippen LogP contribution in [0.15, 0.2) is 24.3 Å². The third-order valence-corrected chi connectivity index (χ3v) is 3.57. The number of halogens is 3. The molecule has 0 bridgehead atoms. The molecule has 0 saturated heterocycles. The highest BCUT2D eigenvalue weighted by atomic mass is 19.4. The Hall–Kier alpha value is -2.05. The van der Waals surface area contributed by atoms with Gasteiger partial charge >= 0.3 is 6.18 Å². The van der Waals surface area contributed by atoms with Crippen molar-refractivity contribution in [3.63, 3.8) is 0 Å². The SMILES string of the molecule is CC(=O)NCCCCCC(=O)N(C)Cc1ccc(C(F)(F)F)cc1. The number of nitrogens with zero attached hydrogens (tertiary/aromatic N) is 1. The fraction of sp³-hybridized carbons (Fsp3) is 0.529. The number of carbonyl (C=O) groups excluding carboxylic acids is 2. The van der Waals surface area contributed by atoms with E-state index in [1.165, 1.54) is 24.0 Å². The lowest BCUT2D eigenvalue weighted by molar-refractivity contribution is -0.137. The first-order valence-corrected chi connectivity index (χ1v) is 7.84. The third-order valence-electron chi connectivity index (χ3n) is 3.57. The molecular formula is C17H23F3N2O2. The van der Waals surface area contributed by atoms with Crippen molar-refractivity contribution in [2.45, 2.75) is 45.3 Å². The number of rotatable bonds is 8. The van der Waals surface area contributed by atoms with Crippen LogP contribution in [0.2, 0.25) is 0 Å². The van der Waals surface area contributed by atoms with Gasteiger partial charge in [0.1, 0.15) is 0 Å². The molecular weight excluding hydrogens is 321 g/mol. The summed E-state index contributed by atoms with van der Waals surface area (Å²) in [5, 5.41) is 2.69. The van der Waals surface area contributed by atoms with Crippen molar-refractivity contribution in [2.75, 3.05) is 13.6 Å². The van der Waals surface area contributed by atoms with Crippen LogP contribution in [0.5, 0.6) is 0 Å². The summed E-state index contributed by atoms with van der Waals surface area (Å²) in [6.07, 6.45) is -1.60. The lowest BCUT2D eigenvalue weighted by Crippen LogP contribution is -2.26. The maximum atomic E-state index is 12.5. The number of amides is 2. The molecule has 0 aromatic heterocycles. The van der Waals surface area contributed by atoms with E-state index in [0.29, 0.717) is 18.5 Å². The largest absolute Gasteiger partial charge is 0.416 e. The minimum Gasteiger partial charge on any atom is -0.356 e. The summed E-state index contributed by atoms with van der Waals surface area (Å²) < 4.78 is 37.5. The van der Waals surface area contributed by atoms with E-state index in [-0.39, 0.29) is 18.4 Å². The summed E-state index contributed by atoms with van der Waals surface area (Å²) in [6, 6.07) is 4.82. The fourth-order valence-corrected chi connectivity index (χ4v) is 2.19. The molecule has 7 heteroatoms. The first-order valence-electron chi connectivity index (χ1n) is 7.84. The maximum absolute atomic E-state index is 12.5. The molecule has 1 rings (SSSR count). The molecule has 0 spiro atoms. The second kappa shape index (κ2) is 9.30. The monoisotopic (exact) mass is 344 g/mol. The standard InChI is InChI=1S/C17H23F3N2O2/c1-13(23)21-11-5-3-4-6-16(24)22(2)12-14-7-9-15(10-8-14)17(18,19)20/h7-10H,3-6,11-12H2,1-2H3,(H,21,23). The topological polar surface area (TPSA) is 49.4 Å². The maximum Gasteiger partial charge on any atom is 0.416 e. The number of unbranched alkanes of at least 4 members (excludes halogenated alkanes) is 2. The first-order chi connectivity index (χ1) is 11.2. The molecule has 1 aromatic rings. The Labute approximate surface area is 140 Å². The van der Waals surface area contributed by atoms with Gasteiger partial charge in [0.05, 0.1) is 5.56 Å². The lowest BCUT2D eigenvalue weighted by Gasteiger charge is -2.17. The summed E-state index contributed by atoms with van der Waals surface area (Å²) in [4.78, 5) is 24.2. The van der Waals surface area contributed by atoms with Crippen molar-refractivity contribution >= 4 is 11.8 Å². The Morgan fingerprint density at radius 3 is 2.25 bits per heavy atom. The quantitative estimate of drug-likeness (QED) is 0.735. The minimum atomic E-state index is -4.35. The Morgan fingerprint density at radius 2 is 1.71 bits per heavy atom. The van der Waals surface area contributed by atoms with Crippen molar-refractivity contribution in [3.05, 3.63) is 35.4 Å². The van der Waals surface area contributed by atoms with E-state index < -0.39 is 11.7 Å². The van der Waals surface area contributed by atoms with Gasteiger partial charge in [0, 0.05) is 33.5 Å². The van der Waals surface area contributed by atoms with Crippen LogP contribution in [0.25, 0.3) is 0 Å². The fourth-order valence-electron chi connectivity index (χ4n) is 2.19. The summed E-state index contributed by atoms with van der Waals surface area (Å²) >= 11 is 0. The molecule has 134 valence electrons. The molecule has 1 N–H and O–H groups in total. The molecule has 0 radical (unpaired) electrons. The predicted molar refractivity (Wildman–Crippen MR) is 85.1 cm³/mol. The van der Waals surface area contributed by atoms with Crippen molar-refractivity contribution in [3.8, 4) is 0 Å². The van der Waals surface area contributed by atoms with Crippen LogP contribution < -0.4 is 5.32 Å². The number of carbonyl (C=O) groups is 2. The molecule has 2 amide bonds. The van der Waals surface area contributed by atoms with Crippen LogP contribution in [0.3, 0.4) is 0 Å². The van der Waals surface area contributed by atoms with Gasteiger partial charge in [0.15, 0.2) is 0 Å². The van der Waals surface area contributed by atoms with Gasteiger partial charge in [-0.15, -0.1) is 0 Å². The summed E-state index contributed by atoms with van der Waals surface area (Å²) in [7, 11) is 1.64. The van der Waals surface area contributed by atoms with Crippen LogP contribution in [-0.2, 0) is 22.3 Å². The zero-order valence-corrected chi connectivity index (χ0v) is 13.9. The van der Waals surface area contributed by atoms with Crippen LogP contribution in [0.1, 0.15) is 43.7 Å². The van der Waals surface area contributed by atoms with Gasteiger partial charge in [-0.05, 0) is 30.5 Å². The summed E-state index contributed by atoms with van der Waals surface area (Å²) in [6.45, 7) is 2.34. The number of alkyl halides is 3. The molecule has 0 aliphatic rings. The van der Waals surface area contributed by atoms with Gasteiger partial charge < -0.3 is 10.2 Å². The average molecular weight is 344 g/mol. The minimum absolute atomic E-state index is 0.0468. The molecule has 0 atom stereocenters. The van der Waals surface area contributed by atoms with Crippen LogP contribution in [0, 0.1) is 0 Å². The number of hydrogen-bond donors (Lipinski definition) is 1. The van der Waals surface area contributed by atoms with Gasteiger partial charge in [-0.1, -0.05) is 18.6 Å². The van der Waals surface area contributed by atoms with E-state index in [1.807, 2.05) is 0 Å². The number of benzene rings is 1. The Balaban J connectivity index is 2.32. The molecule has 24 heavy (non-hydrogen) atoms. The van der Waals surface area contributed by atoms with Crippen molar-refractivity contribution in [1.29, 1.82) is 0 Å².